The molecule has 11 heteroatoms. The third kappa shape index (κ3) is 10.1. The average Bonchev–Trinajstić information content (AvgIpc) is 3.45. The van der Waals surface area contributed by atoms with Crippen LogP contribution >= 0.6 is 0 Å². The van der Waals surface area contributed by atoms with Gasteiger partial charge in [-0.05, 0) is 77.9 Å². The van der Waals surface area contributed by atoms with Crippen LogP contribution in [0.25, 0.3) is 11.1 Å². The van der Waals surface area contributed by atoms with Crippen molar-refractivity contribution in [3.05, 3.63) is 123 Å². The molecule has 0 bridgehead atoms. The monoisotopic (exact) mass is 756 g/mol. The van der Waals surface area contributed by atoms with Gasteiger partial charge in [-0.2, -0.15) is 0 Å². The summed E-state index contributed by atoms with van der Waals surface area (Å²) < 4.78 is 38.7. The highest BCUT2D eigenvalue weighted by atomic mass is 16.6. The van der Waals surface area contributed by atoms with Gasteiger partial charge in [0.15, 0.2) is 5.78 Å². The number of carbonyl (C=O) groups excluding carboxylic acids is 1. The van der Waals surface area contributed by atoms with E-state index in [1.165, 1.54) is 0 Å². The van der Waals surface area contributed by atoms with Gasteiger partial charge in [-0.1, -0.05) is 65.7 Å². The van der Waals surface area contributed by atoms with Crippen LogP contribution < -0.4 is 4.74 Å². The average molecular weight is 757 g/mol. The Bertz CT molecular complexity index is 1770. The summed E-state index contributed by atoms with van der Waals surface area (Å²) in [4.78, 5) is 26.2. The Kier molecular flexibility index (Phi) is 15.5. The number of ketones is 1. The van der Waals surface area contributed by atoms with Gasteiger partial charge in [0.25, 0.3) is 0 Å². The molecule has 0 aliphatic heterocycles. The number of fused-ring (bicyclic) bond motifs is 3. The highest BCUT2D eigenvalue weighted by Crippen LogP contribution is 2.57. The maximum Gasteiger partial charge on any atom is 0.339 e. The Morgan fingerprint density at radius 3 is 1.65 bits per heavy atom. The van der Waals surface area contributed by atoms with Gasteiger partial charge in [-0.25, -0.2) is 4.79 Å². The zero-order chi connectivity index (χ0) is 39.2. The predicted molar refractivity (Wildman–Crippen MR) is 208 cm³/mol. The molecule has 0 fully saturated rings. The molecule has 0 unspecified atom stereocenters. The molecule has 0 heterocycles. The summed E-state index contributed by atoms with van der Waals surface area (Å²) in [6.45, 7) is 9.72. The van der Waals surface area contributed by atoms with Gasteiger partial charge >= 0.3 is 5.97 Å². The summed E-state index contributed by atoms with van der Waals surface area (Å²) in [6, 6.07) is 23.9. The molecule has 0 saturated heterocycles. The summed E-state index contributed by atoms with van der Waals surface area (Å²) in [5, 5.41) is 19.4. The molecule has 5 rings (SSSR count). The van der Waals surface area contributed by atoms with Crippen molar-refractivity contribution in [3.8, 4) is 16.9 Å². The molecule has 0 radical (unpaired) electrons. The number of Topliss-reactive ketones (excluding diaryl/α,β-unsaturated/α-hetero) is 1. The van der Waals surface area contributed by atoms with Crippen LogP contribution in [-0.4, -0.2) is 108 Å². The highest BCUT2D eigenvalue weighted by Gasteiger charge is 2.47. The number of hydrogen-bond acceptors (Lipinski definition) is 10. The van der Waals surface area contributed by atoms with Crippen molar-refractivity contribution >= 4 is 11.8 Å². The fraction of sp³-hybridized carbons (Fsp3) is 0.409. The fourth-order valence-corrected chi connectivity index (χ4v) is 7.02. The van der Waals surface area contributed by atoms with Crippen LogP contribution in [0.3, 0.4) is 0 Å². The highest BCUT2D eigenvalue weighted by molar-refractivity contribution is 5.97. The molecule has 4 aromatic rings. The second kappa shape index (κ2) is 20.5. The van der Waals surface area contributed by atoms with E-state index in [0.29, 0.717) is 58.4 Å². The van der Waals surface area contributed by atoms with E-state index in [1.54, 1.807) is 26.2 Å². The lowest BCUT2D eigenvalue weighted by molar-refractivity contribution is 0.00443. The van der Waals surface area contributed by atoms with Gasteiger partial charge in [0.2, 0.25) is 0 Å². The number of aliphatic hydroxyl groups excluding tert-OH is 1. The normalized spacial score (nSPS) is 12.7. The molecule has 0 amide bonds. The molecule has 0 spiro atoms. The first kappa shape index (κ1) is 41.7. The first-order valence-electron chi connectivity index (χ1n) is 18.6. The van der Waals surface area contributed by atoms with Crippen molar-refractivity contribution in [3.63, 3.8) is 0 Å². The third-order valence-corrected chi connectivity index (χ3v) is 9.54. The van der Waals surface area contributed by atoms with E-state index < -0.39 is 11.4 Å². The molecule has 294 valence electrons. The fourth-order valence-electron chi connectivity index (χ4n) is 7.02. The van der Waals surface area contributed by atoms with Gasteiger partial charge in [-0.3, -0.25) is 4.79 Å². The first-order valence-corrected chi connectivity index (χ1v) is 18.6. The molecule has 0 aromatic heterocycles. The van der Waals surface area contributed by atoms with Gasteiger partial charge < -0.3 is 43.4 Å². The number of methoxy groups -OCH3 is 1. The Morgan fingerprint density at radius 1 is 0.600 bits per heavy atom. The summed E-state index contributed by atoms with van der Waals surface area (Å²) >= 11 is 0. The maximum absolute atomic E-state index is 13.3. The minimum Gasteiger partial charge on any atom is -0.490 e. The molecule has 11 nitrogen and oxygen atoms in total. The number of rotatable bonds is 24. The van der Waals surface area contributed by atoms with Crippen LogP contribution in [0.15, 0.2) is 72.8 Å². The number of carboxylic acid groups (broad SMARTS) is 1. The number of aliphatic hydroxyl groups is 1. The summed E-state index contributed by atoms with van der Waals surface area (Å²) in [5.74, 6) is -1.000. The SMILES string of the molecule is COCCOCCOCCOc1ccc(C2(c3ccc(COCCOCCOCCO)c(C(C)=O)c3)c3cc(C)ccc3-c3ccc(C)cc32)cc1C(=O)O. The van der Waals surface area contributed by atoms with Crippen molar-refractivity contribution in [1.82, 2.24) is 0 Å². The zero-order valence-electron chi connectivity index (χ0n) is 32.2. The molecule has 2 N–H and O–H groups in total. The summed E-state index contributed by atoms with van der Waals surface area (Å²) in [6.07, 6.45) is 0. The summed E-state index contributed by atoms with van der Waals surface area (Å²) in [7, 11) is 1.61. The topological polar surface area (TPSA) is 139 Å². The van der Waals surface area contributed by atoms with Crippen LogP contribution in [-0.2, 0) is 40.4 Å². The number of benzene rings is 4. The van der Waals surface area contributed by atoms with Crippen molar-refractivity contribution < 1.29 is 53.0 Å². The number of aryl methyl sites for hydroxylation is 2. The Morgan fingerprint density at radius 2 is 1.11 bits per heavy atom. The van der Waals surface area contributed by atoms with Gasteiger partial charge in [0.1, 0.15) is 17.9 Å². The lowest BCUT2D eigenvalue weighted by atomic mass is 9.66. The van der Waals surface area contributed by atoms with E-state index in [2.05, 4.69) is 36.4 Å². The minimum atomic E-state index is -1.12. The molecule has 1 aliphatic carbocycles. The Balaban J connectivity index is 1.50. The number of hydrogen-bond donors (Lipinski definition) is 2. The quantitative estimate of drug-likeness (QED) is 0.0553. The lowest BCUT2D eigenvalue weighted by Crippen LogP contribution is -2.30. The first-order chi connectivity index (χ1) is 26.7. The van der Waals surface area contributed by atoms with E-state index in [-0.39, 0.29) is 50.1 Å². The van der Waals surface area contributed by atoms with E-state index in [1.807, 2.05) is 38.1 Å². The third-order valence-electron chi connectivity index (χ3n) is 9.54. The molecule has 4 aromatic carbocycles. The zero-order valence-corrected chi connectivity index (χ0v) is 32.2. The van der Waals surface area contributed by atoms with Gasteiger partial charge in [0.05, 0.1) is 84.7 Å². The molecular weight excluding hydrogens is 704 g/mol. The van der Waals surface area contributed by atoms with E-state index in [0.717, 1.165) is 50.1 Å². The lowest BCUT2D eigenvalue weighted by Gasteiger charge is -2.35. The van der Waals surface area contributed by atoms with E-state index >= 15 is 0 Å². The number of aromatic carboxylic acids is 1. The second-order valence-corrected chi connectivity index (χ2v) is 13.4. The van der Waals surface area contributed by atoms with Crippen molar-refractivity contribution in [1.29, 1.82) is 0 Å². The van der Waals surface area contributed by atoms with Crippen molar-refractivity contribution in [2.45, 2.75) is 32.8 Å². The van der Waals surface area contributed by atoms with Crippen LogP contribution in [0.2, 0.25) is 0 Å². The Hall–Kier alpha value is -4.46. The van der Waals surface area contributed by atoms with Crippen LogP contribution in [0, 0.1) is 13.8 Å². The molecule has 1 aliphatic rings. The number of ether oxygens (including phenoxy) is 7. The number of carbonyl (C=O) groups is 2. The molecule has 0 saturated carbocycles. The summed E-state index contributed by atoms with van der Waals surface area (Å²) in [5.41, 5.74) is 8.06. The minimum absolute atomic E-state index is 0.0223. The molecule has 0 atom stereocenters. The van der Waals surface area contributed by atoms with Gasteiger partial charge in [-0.15, -0.1) is 0 Å². The van der Waals surface area contributed by atoms with Crippen LogP contribution in [0.4, 0.5) is 0 Å². The standard InChI is InChI=1S/C44H52O11/c1-30-5-10-36-37-11-6-31(2)26-41(37)44(40(36)25-30,34-8-7-33(38(27-34)32(3)46)29-54-22-21-52-18-17-50-14-13-45)35-9-12-42(39(28-35)43(47)48)55-24-23-53-20-19-51-16-15-49-4/h5-12,25-28,45H,13-24,29H2,1-4H3,(H,47,48). The Labute approximate surface area is 323 Å². The predicted octanol–water partition coefficient (Wildman–Crippen LogP) is 6.17. The van der Waals surface area contributed by atoms with Gasteiger partial charge in [0, 0.05) is 12.7 Å². The van der Waals surface area contributed by atoms with Crippen molar-refractivity contribution in [2.24, 2.45) is 0 Å². The van der Waals surface area contributed by atoms with Crippen molar-refractivity contribution in [2.75, 3.05) is 86.4 Å². The second-order valence-electron chi connectivity index (χ2n) is 13.4. The maximum atomic E-state index is 13.3. The van der Waals surface area contributed by atoms with E-state index in [9.17, 15) is 14.7 Å². The van der Waals surface area contributed by atoms with Crippen LogP contribution in [0.5, 0.6) is 5.75 Å². The van der Waals surface area contributed by atoms with Crippen LogP contribution in [0.1, 0.15) is 66.6 Å². The number of carboxylic acids is 1. The molecular formula is C44H52O11. The molecule has 55 heavy (non-hydrogen) atoms. The van der Waals surface area contributed by atoms with E-state index in [4.69, 9.17) is 38.3 Å². The largest absolute Gasteiger partial charge is 0.490 e. The smallest absolute Gasteiger partial charge is 0.339 e.